The van der Waals surface area contributed by atoms with E-state index in [9.17, 15) is 14.7 Å². The molecule has 0 bridgehead atoms. The number of phenolic OH excluding ortho intramolecular Hbond substituents is 1. The van der Waals surface area contributed by atoms with Gasteiger partial charge in [0.05, 0.1) is 7.11 Å². The molecule has 1 aromatic heterocycles. The number of amides is 1. The Labute approximate surface area is 174 Å². The molecule has 8 nitrogen and oxygen atoms in total. The number of nitrogens with zero attached hydrogens (tertiary/aromatic N) is 2. The fourth-order valence-corrected chi connectivity index (χ4v) is 3.10. The lowest BCUT2D eigenvalue weighted by atomic mass is 10.1. The Morgan fingerprint density at radius 3 is 2.59 bits per heavy atom. The smallest absolute Gasteiger partial charge is 0.411 e. The highest BCUT2D eigenvalue weighted by Crippen LogP contribution is 2.33. The Morgan fingerprint density at radius 1 is 1.31 bits per heavy atom. The summed E-state index contributed by atoms with van der Waals surface area (Å²) in [5, 5.41) is 20.4. The zero-order valence-corrected chi connectivity index (χ0v) is 17.6. The number of fused-ring (bicyclic) bond motifs is 1. The maximum atomic E-state index is 11.6. The van der Waals surface area contributed by atoms with Gasteiger partial charge in [-0.25, -0.2) is 14.6 Å². The van der Waals surface area contributed by atoms with Gasteiger partial charge in [0.15, 0.2) is 11.5 Å². The Morgan fingerprint density at radius 2 is 2.00 bits per heavy atom. The van der Waals surface area contributed by atoms with Gasteiger partial charge < -0.3 is 19.7 Å². The molecular weight excluding hydrogens is 400 g/mol. The largest absolute Gasteiger partial charge is 0.504 e. The number of likely N-dealkylation sites (tertiary alicyclic amines) is 1. The summed E-state index contributed by atoms with van der Waals surface area (Å²) in [7, 11) is 1.50. The molecule has 1 aromatic carbocycles. The third-order valence-electron chi connectivity index (χ3n) is 4.18. The van der Waals surface area contributed by atoms with Crippen LogP contribution in [0, 0.1) is 0 Å². The van der Waals surface area contributed by atoms with Crippen molar-refractivity contribution in [3.05, 3.63) is 29.5 Å². The second-order valence-corrected chi connectivity index (χ2v) is 7.87. The number of hydrogen-bond donors (Lipinski definition) is 2. The molecule has 3 rings (SSSR count). The number of aromatic nitrogens is 1. The first kappa shape index (κ1) is 22.5. The van der Waals surface area contributed by atoms with Gasteiger partial charge in [0.1, 0.15) is 16.8 Å². The zero-order valence-electron chi connectivity index (χ0n) is 16.8. The van der Waals surface area contributed by atoms with Gasteiger partial charge in [-0.05, 0) is 57.2 Å². The number of halogens is 1. The van der Waals surface area contributed by atoms with E-state index in [0.717, 1.165) is 11.8 Å². The van der Waals surface area contributed by atoms with Crippen molar-refractivity contribution in [2.24, 2.45) is 0 Å². The number of aromatic hydroxyl groups is 1. The van der Waals surface area contributed by atoms with Crippen molar-refractivity contribution in [2.75, 3.05) is 13.7 Å². The number of ether oxygens (including phenoxy) is 2. The molecule has 2 heterocycles. The Kier molecular flexibility index (Phi) is 7.13. The molecule has 0 saturated carbocycles. The maximum absolute atomic E-state index is 11.6. The zero-order chi connectivity index (χ0) is 21.8. The highest BCUT2D eigenvalue weighted by molar-refractivity contribution is 6.34. The molecule has 0 aliphatic carbocycles. The lowest BCUT2D eigenvalue weighted by molar-refractivity contribution is -0.142. The molecule has 0 spiro atoms. The quantitative estimate of drug-likeness (QED) is 0.699. The van der Waals surface area contributed by atoms with Crippen LogP contribution in [0.2, 0.25) is 5.15 Å². The Balaban J connectivity index is 0.000000207. The number of methoxy groups -OCH3 is 1. The molecule has 0 radical (unpaired) electrons. The molecule has 158 valence electrons. The molecule has 1 saturated heterocycles. The van der Waals surface area contributed by atoms with Crippen LogP contribution in [0.5, 0.6) is 11.5 Å². The molecule has 1 amide bonds. The van der Waals surface area contributed by atoms with E-state index in [1.54, 1.807) is 39.1 Å². The summed E-state index contributed by atoms with van der Waals surface area (Å²) >= 11 is 5.86. The van der Waals surface area contributed by atoms with Crippen molar-refractivity contribution in [3.63, 3.8) is 0 Å². The minimum absolute atomic E-state index is 0.0647. The van der Waals surface area contributed by atoms with Crippen LogP contribution < -0.4 is 4.74 Å². The van der Waals surface area contributed by atoms with Gasteiger partial charge in [0, 0.05) is 18.1 Å². The van der Waals surface area contributed by atoms with Gasteiger partial charge >= 0.3 is 12.1 Å². The van der Waals surface area contributed by atoms with Crippen LogP contribution in [0.25, 0.3) is 10.8 Å². The fraction of sp³-hybridized carbons (Fsp3) is 0.450. The van der Waals surface area contributed by atoms with Crippen LogP contribution in [-0.2, 0) is 9.53 Å². The molecule has 2 N–H and O–H groups in total. The van der Waals surface area contributed by atoms with Crippen molar-refractivity contribution in [1.82, 2.24) is 9.88 Å². The van der Waals surface area contributed by atoms with Crippen LogP contribution in [0.15, 0.2) is 24.4 Å². The van der Waals surface area contributed by atoms with Gasteiger partial charge in [-0.15, -0.1) is 0 Å². The van der Waals surface area contributed by atoms with Crippen molar-refractivity contribution in [2.45, 2.75) is 45.3 Å². The first-order valence-corrected chi connectivity index (χ1v) is 9.45. The van der Waals surface area contributed by atoms with Gasteiger partial charge in [-0.3, -0.25) is 4.90 Å². The first-order valence-electron chi connectivity index (χ1n) is 9.07. The summed E-state index contributed by atoms with van der Waals surface area (Å²) in [6, 6.07) is 4.35. The maximum Gasteiger partial charge on any atom is 0.411 e. The average molecular weight is 425 g/mol. The monoisotopic (exact) mass is 424 g/mol. The summed E-state index contributed by atoms with van der Waals surface area (Å²) in [6.45, 7) is 5.75. The molecule has 2 aromatic rings. The van der Waals surface area contributed by atoms with E-state index in [1.807, 2.05) is 6.07 Å². The van der Waals surface area contributed by atoms with E-state index < -0.39 is 23.7 Å². The number of carbonyl (C=O) groups excluding carboxylic acids is 1. The van der Waals surface area contributed by atoms with Gasteiger partial charge in [0.2, 0.25) is 0 Å². The predicted molar refractivity (Wildman–Crippen MR) is 109 cm³/mol. The SMILES string of the molecule is CC(C)(C)OC(=O)N1CCC[C@H]1C(=O)O.COc1cc2ccnc(Cl)c2cc1O. The lowest BCUT2D eigenvalue weighted by Gasteiger charge is -2.26. The van der Waals surface area contributed by atoms with E-state index in [2.05, 4.69) is 4.98 Å². The number of benzene rings is 1. The molecule has 1 aliphatic rings. The molecule has 0 unspecified atom stereocenters. The van der Waals surface area contributed by atoms with Crippen LogP contribution >= 0.6 is 11.6 Å². The van der Waals surface area contributed by atoms with E-state index in [4.69, 9.17) is 26.2 Å². The number of rotatable bonds is 2. The third-order valence-corrected chi connectivity index (χ3v) is 4.48. The minimum atomic E-state index is -0.960. The fourth-order valence-electron chi connectivity index (χ4n) is 2.88. The summed E-state index contributed by atoms with van der Waals surface area (Å²) in [5.41, 5.74) is -0.581. The molecule has 9 heteroatoms. The van der Waals surface area contributed by atoms with Crippen molar-refractivity contribution in [1.29, 1.82) is 0 Å². The second-order valence-electron chi connectivity index (χ2n) is 7.52. The topological polar surface area (TPSA) is 109 Å². The van der Waals surface area contributed by atoms with Crippen molar-refractivity contribution < 1.29 is 29.3 Å². The Hall–Kier alpha value is -2.74. The number of carbonyl (C=O) groups is 2. The molecule has 1 fully saturated rings. The van der Waals surface area contributed by atoms with Gasteiger partial charge in [-0.2, -0.15) is 0 Å². The van der Waals surface area contributed by atoms with Crippen molar-refractivity contribution in [3.8, 4) is 11.5 Å². The molecule has 1 atom stereocenters. The summed E-state index contributed by atoms with van der Waals surface area (Å²) in [5.74, 6) is -0.465. The number of hydrogen-bond acceptors (Lipinski definition) is 6. The van der Waals surface area contributed by atoms with Crippen LogP contribution in [0.3, 0.4) is 0 Å². The standard InChI is InChI=1S/C10H8ClNO2.C10H17NO4/c1-14-9-4-6-2-3-12-10(11)7(6)5-8(9)13;1-10(2,3)15-9(14)11-6-4-5-7(11)8(12)13/h2-5,13H,1H3;7H,4-6H2,1-3H3,(H,12,13)/t;7-/m.0/s1. The minimum Gasteiger partial charge on any atom is -0.504 e. The van der Waals surface area contributed by atoms with E-state index in [1.165, 1.54) is 12.0 Å². The van der Waals surface area contributed by atoms with E-state index in [-0.39, 0.29) is 5.75 Å². The van der Waals surface area contributed by atoms with Crippen LogP contribution in [0.1, 0.15) is 33.6 Å². The summed E-state index contributed by atoms with van der Waals surface area (Å²) < 4.78 is 10.1. The highest BCUT2D eigenvalue weighted by atomic mass is 35.5. The molecule has 1 aliphatic heterocycles. The predicted octanol–water partition coefficient (Wildman–Crippen LogP) is 4.07. The van der Waals surface area contributed by atoms with Crippen LogP contribution in [-0.4, -0.2) is 57.5 Å². The van der Waals surface area contributed by atoms with E-state index in [0.29, 0.717) is 29.3 Å². The average Bonchev–Trinajstić information content (AvgIpc) is 3.11. The van der Waals surface area contributed by atoms with Gasteiger partial charge in [-0.1, -0.05) is 11.6 Å². The van der Waals surface area contributed by atoms with Crippen molar-refractivity contribution >= 4 is 34.4 Å². The lowest BCUT2D eigenvalue weighted by Crippen LogP contribution is -2.43. The first-order chi connectivity index (χ1) is 13.5. The highest BCUT2D eigenvalue weighted by Gasteiger charge is 2.36. The molecule has 29 heavy (non-hydrogen) atoms. The summed E-state index contributed by atoms with van der Waals surface area (Å²) in [6.07, 6.45) is 2.30. The van der Waals surface area contributed by atoms with Crippen LogP contribution in [0.4, 0.5) is 4.79 Å². The Bertz CT molecular complexity index is 896. The number of aliphatic carboxylic acids is 1. The second kappa shape index (κ2) is 9.17. The number of pyridine rings is 1. The van der Waals surface area contributed by atoms with Gasteiger partial charge in [0.25, 0.3) is 0 Å². The number of carboxylic acids is 1. The van der Waals surface area contributed by atoms with E-state index >= 15 is 0 Å². The number of phenols is 1. The third kappa shape index (κ3) is 5.87. The number of carboxylic acid groups (broad SMARTS) is 1. The molecular formula is C20H25ClN2O6. The summed E-state index contributed by atoms with van der Waals surface area (Å²) in [4.78, 5) is 27.7. The normalized spacial score (nSPS) is 16.2.